The van der Waals surface area contributed by atoms with Crippen molar-refractivity contribution >= 4 is 35.5 Å². The lowest BCUT2D eigenvalue weighted by atomic mass is 9.99. The van der Waals surface area contributed by atoms with Gasteiger partial charge in [-0.1, -0.05) is 60.1 Å². The molecule has 1 fully saturated rings. The van der Waals surface area contributed by atoms with Crippen LogP contribution in [0.3, 0.4) is 0 Å². The van der Waals surface area contributed by atoms with Gasteiger partial charge in [0.2, 0.25) is 0 Å². The number of benzene rings is 2. The highest BCUT2D eigenvalue weighted by Gasteiger charge is 2.26. The second-order valence-electron chi connectivity index (χ2n) is 8.34. The first-order chi connectivity index (χ1) is 17.7. The largest absolute Gasteiger partial charge is 0.489 e. The molecule has 0 aliphatic heterocycles. The Labute approximate surface area is 224 Å². The Hall–Kier alpha value is -3.16. The molecule has 0 spiro atoms. The normalized spacial score (nSPS) is 15.0. The van der Waals surface area contributed by atoms with Gasteiger partial charge in [0.25, 0.3) is 0 Å². The number of hydrogen-bond donors (Lipinski definition) is 0. The first kappa shape index (κ1) is 28.4. The minimum absolute atomic E-state index is 0.0588. The third-order valence-electron chi connectivity index (χ3n) is 5.66. The molecule has 2 aromatic carbocycles. The predicted octanol–water partition coefficient (Wildman–Crippen LogP) is 8.00. The van der Waals surface area contributed by atoms with E-state index in [2.05, 4.69) is 11.3 Å². The molecule has 0 bridgehead atoms. The molecule has 196 valence electrons. The van der Waals surface area contributed by atoms with Crippen molar-refractivity contribution in [3.8, 4) is 11.5 Å². The highest BCUT2D eigenvalue weighted by Crippen LogP contribution is 2.39. The third kappa shape index (κ3) is 8.17. The number of esters is 1. The molecule has 3 rings (SSSR count). The van der Waals surface area contributed by atoms with Crippen LogP contribution in [-0.2, 0) is 4.74 Å². The molecule has 2 aromatic rings. The number of rotatable bonds is 13. The zero-order valence-electron chi connectivity index (χ0n) is 20.1. The molecule has 1 saturated carbocycles. The minimum Gasteiger partial charge on any atom is -0.489 e. The van der Waals surface area contributed by atoms with Crippen LogP contribution in [0, 0.1) is 5.92 Å². The summed E-state index contributed by atoms with van der Waals surface area (Å²) in [5.74, 6) is -0.319. The minimum atomic E-state index is -3.04. The molecule has 0 amide bonds. The Morgan fingerprint density at radius 2 is 1.84 bits per heavy atom. The highest BCUT2D eigenvalue weighted by molar-refractivity contribution is 6.36. The summed E-state index contributed by atoms with van der Waals surface area (Å²) in [4.78, 5) is 24.0. The number of carbonyl (C=O) groups excluding carboxylic acids is 2. The van der Waals surface area contributed by atoms with Gasteiger partial charge in [0.15, 0.2) is 11.5 Å². The van der Waals surface area contributed by atoms with E-state index in [0.717, 1.165) is 12.8 Å². The molecule has 0 heterocycles. The lowest BCUT2D eigenvalue weighted by Crippen LogP contribution is -2.14. The fraction of sp³-hybridized carbons (Fsp3) is 0.286. The highest BCUT2D eigenvalue weighted by atomic mass is 35.5. The topological polar surface area (TPSA) is 61.8 Å². The van der Waals surface area contributed by atoms with Gasteiger partial charge in [0.1, 0.15) is 12.4 Å². The number of ether oxygens (including phenoxy) is 3. The van der Waals surface area contributed by atoms with Crippen LogP contribution < -0.4 is 9.47 Å². The lowest BCUT2D eigenvalue weighted by molar-refractivity contribution is -0.0515. The maximum absolute atomic E-state index is 13.0. The summed E-state index contributed by atoms with van der Waals surface area (Å²) in [5, 5.41) is 0.603. The maximum atomic E-state index is 13.0. The van der Waals surface area contributed by atoms with E-state index in [1.165, 1.54) is 48.5 Å². The van der Waals surface area contributed by atoms with Crippen molar-refractivity contribution in [1.29, 1.82) is 0 Å². The smallest absolute Gasteiger partial charge is 0.387 e. The SMILES string of the molecule is C=C/C(Cl)=C(C[C@H](OC(=O)c1ccc(C=O)cc1)c1ccc(OC(F)F)c(OCC2CC2)c1)\C(Cl)=C/C. The molecule has 1 aliphatic carbocycles. The number of alkyl halides is 2. The molecule has 37 heavy (non-hydrogen) atoms. The van der Waals surface area contributed by atoms with Crippen molar-refractivity contribution in [2.45, 2.75) is 38.9 Å². The van der Waals surface area contributed by atoms with Crippen molar-refractivity contribution in [3.05, 3.63) is 93.5 Å². The van der Waals surface area contributed by atoms with Gasteiger partial charge in [0.05, 0.1) is 12.2 Å². The summed E-state index contributed by atoms with van der Waals surface area (Å²) >= 11 is 12.8. The molecule has 0 unspecified atom stereocenters. The van der Waals surface area contributed by atoms with Crippen LogP contribution in [0.4, 0.5) is 8.78 Å². The van der Waals surface area contributed by atoms with Crippen LogP contribution in [0.2, 0.25) is 0 Å². The van der Waals surface area contributed by atoms with Crippen LogP contribution in [-0.4, -0.2) is 25.5 Å². The Kier molecular flexibility index (Phi) is 10.3. The number of aldehydes is 1. The lowest BCUT2D eigenvalue weighted by Gasteiger charge is -2.22. The molecular weight excluding hydrogens is 525 g/mol. The van der Waals surface area contributed by atoms with Crippen LogP contribution in [0.15, 0.2) is 76.8 Å². The maximum Gasteiger partial charge on any atom is 0.387 e. The summed E-state index contributed by atoms with van der Waals surface area (Å²) in [6.07, 6.45) is 4.86. The number of halogens is 4. The molecular formula is C28H26Cl2F2O5. The van der Waals surface area contributed by atoms with Crippen molar-refractivity contribution in [2.24, 2.45) is 5.92 Å². The molecule has 0 aromatic heterocycles. The molecule has 0 saturated heterocycles. The van der Waals surface area contributed by atoms with Gasteiger partial charge < -0.3 is 14.2 Å². The Balaban J connectivity index is 2.00. The van der Waals surface area contributed by atoms with E-state index in [-0.39, 0.29) is 28.5 Å². The van der Waals surface area contributed by atoms with Gasteiger partial charge in [0, 0.05) is 22.0 Å². The van der Waals surface area contributed by atoms with Crippen LogP contribution in [0.25, 0.3) is 0 Å². The van der Waals surface area contributed by atoms with Gasteiger partial charge in [-0.15, -0.1) is 0 Å². The summed E-state index contributed by atoms with van der Waals surface area (Å²) < 4.78 is 42.2. The third-order valence-corrected chi connectivity index (χ3v) is 6.49. The van der Waals surface area contributed by atoms with Gasteiger partial charge in [-0.3, -0.25) is 4.79 Å². The van der Waals surface area contributed by atoms with Gasteiger partial charge in [-0.05, 0) is 61.1 Å². The van der Waals surface area contributed by atoms with Crippen molar-refractivity contribution in [3.63, 3.8) is 0 Å². The predicted molar refractivity (Wildman–Crippen MR) is 139 cm³/mol. The molecule has 1 aliphatic rings. The summed E-state index contributed by atoms with van der Waals surface area (Å²) in [5.41, 5.74) is 1.55. The summed E-state index contributed by atoms with van der Waals surface area (Å²) in [6, 6.07) is 10.3. The van der Waals surface area contributed by atoms with E-state index < -0.39 is 18.7 Å². The second kappa shape index (κ2) is 13.4. The first-order valence-electron chi connectivity index (χ1n) is 11.6. The fourth-order valence-electron chi connectivity index (χ4n) is 3.44. The van der Waals surface area contributed by atoms with E-state index >= 15 is 0 Å². The number of hydrogen-bond acceptors (Lipinski definition) is 5. The van der Waals surface area contributed by atoms with Crippen LogP contribution in [0.1, 0.15) is 58.6 Å². The summed E-state index contributed by atoms with van der Waals surface area (Å²) in [7, 11) is 0. The van der Waals surface area contributed by atoms with Crippen molar-refractivity contribution in [2.75, 3.05) is 6.61 Å². The van der Waals surface area contributed by atoms with Crippen molar-refractivity contribution < 1.29 is 32.6 Å². The van der Waals surface area contributed by atoms with E-state index in [9.17, 15) is 18.4 Å². The Morgan fingerprint density at radius 1 is 1.14 bits per heavy atom. The Morgan fingerprint density at radius 3 is 2.41 bits per heavy atom. The molecule has 1 atom stereocenters. The monoisotopic (exact) mass is 550 g/mol. The summed E-state index contributed by atoms with van der Waals surface area (Å²) in [6.45, 7) is 2.73. The Bertz CT molecular complexity index is 1190. The van der Waals surface area contributed by atoms with Crippen LogP contribution >= 0.6 is 23.2 Å². The van der Waals surface area contributed by atoms with E-state index in [1.807, 2.05) is 0 Å². The number of carbonyl (C=O) groups is 2. The second-order valence-corrected chi connectivity index (χ2v) is 9.16. The standard InChI is InChI=1S/C28H26Cl2F2O5/c1-3-22(29)21(23(30)4-2)14-25(36-27(34)19-9-7-17(15-33)8-10-19)20-11-12-24(37-28(31)32)26(13-20)35-16-18-5-6-18/h3-4,7-13,15,18,25,28H,1,5-6,14,16H2,2H3/b22-21+,23-4+/t25-/m0/s1. The van der Waals surface area contributed by atoms with Crippen LogP contribution in [0.5, 0.6) is 11.5 Å². The fourth-order valence-corrected chi connectivity index (χ4v) is 3.84. The molecule has 9 heteroatoms. The molecule has 5 nitrogen and oxygen atoms in total. The zero-order valence-corrected chi connectivity index (χ0v) is 21.6. The van der Waals surface area contributed by atoms with Gasteiger partial charge in [-0.25, -0.2) is 4.79 Å². The zero-order chi connectivity index (χ0) is 26.9. The molecule has 0 radical (unpaired) electrons. The average Bonchev–Trinajstić information content (AvgIpc) is 3.73. The van der Waals surface area contributed by atoms with E-state index in [4.69, 9.17) is 32.7 Å². The average molecular weight is 551 g/mol. The van der Waals surface area contributed by atoms with E-state index in [0.29, 0.717) is 40.5 Å². The van der Waals surface area contributed by atoms with E-state index in [1.54, 1.807) is 13.0 Å². The van der Waals surface area contributed by atoms with Crippen molar-refractivity contribution in [1.82, 2.24) is 0 Å². The number of allylic oxidation sites excluding steroid dienone is 4. The quantitative estimate of drug-likeness (QED) is 0.143. The van der Waals surface area contributed by atoms with Gasteiger partial charge in [-0.2, -0.15) is 8.78 Å². The van der Waals surface area contributed by atoms with Gasteiger partial charge >= 0.3 is 12.6 Å². The molecule has 0 N–H and O–H groups in total. The first-order valence-corrected chi connectivity index (χ1v) is 12.3.